The van der Waals surface area contributed by atoms with Crippen LogP contribution in [0.3, 0.4) is 0 Å². The summed E-state index contributed by atoms with van der Waals surface area (Å²) in [6, 6.07) is 4.24. The number of nitrogens with zero attached hydrogens (tertiary/aromatic N) is 1. The van der Waals surface area contributed by atoms with Crippen molar-refractivity contribution in [3.8, 4) is 0 Å². The summed E-state index contributed by atoms with van der Waals surface area (Å²) in [5, 5.41) is 0.737. The molecule has 0 saturated heterocycles. The predicted octanol–water partition coefficient (Wildman–Crippen LogP) is 4.71. The fourth-order valence-corrected chi connectivity index (χ4v) is 3.82. The van der Waals surface area contributed by atoms with Crippen LogP contribution in [0.4, 0.5) is 4.39 Å². The number of rotatable bonds is 4. The van der Waals surface area contributed by atoms with Crippen molar-refractivity contribution in [1.29, 1.82) is 0 Å². The molecule has 1 atom stereocenters. The van der Waals surface area contributed by atoms with Crippen LogP contribution in [0.15, 0.2) is 29.1 Å². The van der Waals surface area contributed by atoms with Crippen LogP contribution in [0.25, 0.3) is 16.3 Å². The van der Waals surface area contributed by atoms with Gasteiger partial charge in [0.1, 0.15) is 10.6 Å². The molecule has 1 N–H and O–H groups in total. The van der Waals surface area contributed by atoms with E-state index in [9.17, 15) is 14.0 Å². The SMILES string of the molecule is Cc1sc2nc([C@H](C)OC(=O)/C=C/c3c(F)cccc3Cl)[nH]c(=O)c2c1C. The number of aromatic nitrogens is 2. The van der Waals surface area contributed by atoms with Gasteiger partial charge in [0, 0.05) is 16.5 Å². The van der Waals surface area contributed by atoms with Crippen LogP contribution < -0.4 is 5.56 Å². The Morgan fingerprint density at radius 1 is 1.41 bits per heavy atom. The van der Waals surface area contributed by atoms with Crippen LogP contribution in [0.5, 0.6) is 0 Å². The first-order valence-electron chi connectivity index (χ1n) is 8.10. The van der Waals surface area contributed by atoms with E-state index in [0.29, 0.717) is 10.2 Å². The van der Waals surface area contributed by atoms with Crippen LogP contribution >= 0.6 is 22.9 Å². The number of carbonyl (C=O) groups is 1. The Morgan fingerprint density at radius 3 is 2.85 bits per heavy atom. The molecule has 140 valence electrons. The molecule has 0 fully saturated rings. The molecular weight excluding hydrogens is 391 g/mol. The molecule has 0 aliphatic carbocycles. The fraction of sp³-hybridized carbons (Fsp3) is 0.211. The van der Waals surface area contributed by atoms with Crippen molar-refractivity contribution in [2.75, 3.05) is 0 Å². The third kappa shape index (κ3) is 3.94. The van der Waals surface area contributed by atoms with Gasteiger partial charge in [-0.1, -0.05) is 17.7 Å². The molecule has 0 aliphatic rings. The molecule has 3 aromatic rings. The summed E-state index contributed by atoms with van der Waals surface area (Å²) in [5.74, 6) is -0.998. The monoisotopic (exact) mass is 406 g/mol. The van der Waals surface area contributed by atoms with E-state index in [1.165, 1.54) is 35.6 Å². The summed E-state index contributed by atoms with van der Waals surface area (Å²) in [4.78, 5) is 33.0. The fourth-order valence-electron chi connectivity index (χ4n) is 2.55. The lowest BCUT2D eigenvalue weighted by molar-refractivity contribution is -0.142. The minimum absolute atomic E-state index is 0.0984. The second-order valence-corrected chi connectivity index (χ2v) is 7.57. The van der Waals surface area contributed by atoms with E-state index >= 15 is 0 Å². The number of halogens is 2. The lowest BCUT2D eigenvalue weighted by atomic mass is 10.2. The van der Waals surface area contributed by atoms with Crippen molar-refractivity contribution in [2.24, 2.45) is 0 Å². The smallest absolute Gasteiger partial charge is 0.331 e. The Bertz CT molecular complexity index is 1100. The minimum Gasteiger partial charge on any atom is -0.451 e. The number of nitrogens with one attached hydrogen (secondary N) is 1. The third-order valence-corrected chi connectivity index (χ3v) is 5.55. The quantitative estimate of drug-likeness (QED) is 0.503. The maximum atomic E-state index is 13.7. The van der Waals surface area contributed by atoms with Gasteiger partial charge < -0.3 is 9.72 Å². The Hall–Kier alpha value is -2.51. The van der Waals surface area contributed by atoms with Crippen LogP contribution in [0.2, 0.25) is 5.02 Å². The molecule has 0 bridgehead atoms. The standard InChI is InChI=1S/C19H16ClFN2O3S/c1-9-11(3)27-19-16(9)18(25)22-17(23-19)10(2)26-15(24)8-7-12-13(20)5-4-6-14(12)21/h4-8,10H,1-3H3,(H,22,23,25)/b8-7+/t10-/m0/s1. The lowest BCUT2D eigenvalue weighted by Gasteiger charge is -2.11. The molecule has 2 heterocycles. The number of esters is 1. The van der Waals surface area contributed by atoms with Crippen molar-refractivity contribution < 1.29 is 13.9 Å². The highest BCUT2D eigenvalue weighted by molar-refractivity contribution is 7.18. The molecule has 27 heavy (non-hydrogen) atoms. The van der Waals surface area contributed by atoms with Gasteiger partial charge in [-0.25, -0.2) is 14.2 Å². The number of carbonyl (C=O) groups excluding carboxylic acids is 1. The molecule has 0 spiro atoms. The number of aromatic amines is 1. The average Bonchev–Trinajstić information content (AvgIpc) is 2.89. The Morgan fingerprint density at radius 2 is 2.15 bits per heavy atom. The highest BCUT2D eigenvalue weighted by atomic mass is 35.5. The topological polar surface area (TPSA) is 72.0 Å². The van der Waals surface area contributed by atoms with Crippen molar-refractivity contribution in [3.05, 3.63) is 67.3 Å². The molecule has 2 aromatic heterocycles. The van der Waals surface area contributed by atoms with Gasteiger partial charge in [-0.15, -0.1) is 11.3 Å². The summed E-state index contributed by atoms with van der Waals surface area (Å²) in [6.07, 6.45) is 1.55. The Labute approximate surface area is 163 Å². The maximum absolute atomic E-state index is 13.7. The highest BCUT2D eigenvalue weighted by Crippen LogP contribution is 2.27. The first kappa shape index (κ1) is 19.3. The molecule has 1 aromatic carbocycles. The van der Waals surface area contributed by atoms with Gasteiger partial charge >= 0.3 is 5.97 Å². The molecule has 8 heteroatoms. The maximum Gasteiger partial charge on any atom is 0.331 e. The summed E-state index contributed by atoms with van der Waals surface area (Å²) in [7, 11) is 0. The van der Waals surface area contributed by atoms with Gasteiger partial charge in [-0.3, -0.25) is 4.79 Å². The number of hydrogen-bond donors (Lipinski definition) is 1. The largest absolute Gasteiger partial charge is 0.451 e. The minimum atomic E-state index is -0.780. The molecule has 0 saturated carbocycles. The number of benzene rings is 1. The molecule has 0 unspecified atom stereocenters. The normalized spacial score (nSPS) is 12.6. The lowest BCUT2D eigenvalue weighted by Crippen LogP contribution is -2.16. The van der Waals surface area contributed by atoms with E-state index in [4.69, 9.17) is 16.3 Å². The van der Waals surface area contributed by atoms with Crippen LogP contribution in [-0.2, 0) is 9.53 Å². The van der Waals surface area contributed by atoms with Gasteiger partial charge in [0.15, 0.2) is 11.9 Å². The van der Waals surface area contributed by atoms with Crippen molar-refractivity contribution >= 4 is 45.2 Å². The summed E-state index contributed by atoms with van der Waals surface area (Å²) in [5.41, 5.74) is 0.722. The van der Waals surface area contributed by atoms with Gasteiger partial charge in [0.2, 0.25) is 0 Å². The molecule has 0 amide bonds. The zero-order valence-electron chi connectivity index (χ0n) is 14.8. The number of aryl methyl sites for hydroxylation is 2. The predicted molar refractivity (Wildman–Crippen MR) is 105 cm³/mol. The molecular formula is C19H16ClFN2O3S. The van der Waals surface area contributed by atoms with Gasteiger partial charge in [-0.05, 0) is 44.5 Å². The zero-order valence-corrected chi connectivity index (χ0v) is 16.4. The van der Waals surface area contributed by atoms with E-state index < -0.39 is 17.9 Å². The van der Waals surface area contributed by atoms with Crippen LogP contribution in [0, 0.1) is 19.7 Å². The Balaban J connectivity index is 1.80. The van der Waals surface area contributed by atoms with E-state index in [2.05, 4.69) is 9.97 Å². The Kier molecular flexibility index (Phi) is 5.43. The molecule has 3 rings (SSSR count). The first-order valence-corrected chi connectivity index (χ1v) is 9.30. The highest BCUT2D eigenvalue weighted by Gasteiger charge is 2.17. The summed E-state index contributed by atoms with van der Waals surface area (Å²) in [6.45, 7) is 5.38. The van der Waals surface area contributed by atoms with Crippen molar-refractivity contribution in [3.63, 3.8) is 0 Å². The van der Waals surface area contributed by atoms with E-state index in [1.807, 2.05) is 13.8 Å². The number of H-pyrrole nitrogens is 1. The van der Waals surface area contributed by atoms with Crippen molar-refractivity contribution in [2.45, 2.75) is 26.9 Å². The third-order valence-electron chi connectivity index (χ3n) is 4.12. The molecule has 0 aliphatic heterocycles. The van der Waals surface area contributed by atoms with E-state index in [0.717, 1.165) is 16.5 Å². The molecule has 0 radical (unpaired) electrons. The summed E-state index contributed by atoms with van der Waals surface area (Å²) >= 11 is 7.32. The van der Waals surface area contributed by atoms with Gasteiger partial charge in [0.25, 0.3) is 5.56 Å². The van der Waals surface area contributed by atoms with E-state index in [1.54, 1.807) is 6.92 Å². The van der Waals surface area contributed by atoms with Gasteiger partial charge in [0.05, 0.1) is 10.4 Å². The zero-order chi connectivity index (χ0) is 19.7. The van der Waals surface area contributed by atoms with Crippen LogP contribution in [-0.4, -0.2) is 15.9 Å². The number of hydrogen-bond acceptors (Lipinski definition) is 5. The second kappa shape index (κ2) is 7.62. The summed E-state index contributed by atoms with van der Waals surface area (Å²) < 4.78 is 19.0. The van der Waals surface area contributed by atoms with Gasteiger partial charge in [-0.2, -0.15) is 0 Å². The van der Waals surface area contributed by atoms with Crippen LogP contribution in [0.1, 0.15) is 34.9 Å². The number of fused-ring (bicyclic) bond motifs is 1. The average molecular weight is 407 g/mol. The first-order chi connectivity index (χ1) is 12.8. The second-order valence-electron chi connectivity index (χ2n) is 5.96. The number of thiophene rings is 1. The van der Waals surface area contributed by atoms with E-state index in [-0.39, 0.29) is 22.0 Å². The molecule has 5 nitrogen and oxygen atoms in total. The number of ether oxygens (including phenoxy) is 1. The van der Waals surface area contributed by atoms with Crippen molar-refractivity contribution in [1.82, 2.24) is 9.97 Å².